The Balaban J connectivity index is 1.87. The van der Waals surface area contributed by atoms with Gasteiger partial charge in [-0.1, -0.05) is 12.1 Å². The fourth-order valence-electron chi connectivity index (χ4n) is 2.10. The molecule has 1 aliphatic rings. The zero-order valence-corrected chi connectivity index (χ0v) is 13.0. The predicted molar refractivity (Wildman–Crippen MR) is 84.1 cm³/mol. The second kappa shape index (κ2) is 7.37. The lowest BCUT2D eigenvalue weighted by molar-refractivity contribution is -0.121. The van der Waals surface area contributed by atoms with Crippen LogP contribution in [0.15, 0.2) is 34.2 Å². The molecule has 0 saturated carbocycles. The molecule has 1 heterocycles. The summed E-state index contributed by atoms with van der Waals surface area (Å²) in [6.45, 7) is 1.51. The fraction of sp³-hybridized carbons (Fsp3) is 0.429. The summed E-state index contributed by atoms with van der Waals surface area (Å²) in [5.74, 6) is 0.306. The average Bonchev–Trinajstić information content (AvgIpc) is 2.76. The largest absolute Gasteiger partial charge is 0.356 e. The van der Waals surface area contributed by atoms with Gasteiger partial charge in [-0.3, -0.25) is 14.5 Å². The molecule has 1 amide bonds. The van der Waals surface area contributed by atoms with Crippen LogP contribution in [0.3, 0.4) is 0 Å². The summed E-state index contributed by atoms with van der Waals surface area (Å²) in [7, 11) is -3.50. The van der Waals surface area contributed by atoms with Crippen LogP contribution >= 0.6 is 0 Å². The van der Waals surface area contributed by atoms with Crippen molar-refractivity contribution in [1.82, 2.24) is 10.0 Å². The van der Waals surface area contributed by atoms with Gasteiger partial charge in [0.05, 0.1) is 4.90 Å². The van der Waals surface area contributed by atoms with E-state index in [1.807, 2.05) is 0 Å². The summed E-state index contributed by atoms with van der Waals surface area (Å²) in [5.41, 5.74) is 5.92. The van der Waals surface area contributed by atoms with E-state index < -0.39 is 10.0 Å². The Hall–Kier alpha value is -1.93. The monoisotopic (exact) mass is 324 g/mol. The molecule has 0 radical (unpaired) electrons. The van der Waals surface area contributed by atoms with E-state index in [2.05, 4.69) is 15.0 Å². The maximum Gasteiger partial charge on any atom is 0.263 e. The Labute approximate surface area is 130 Å². The topological polar surface area (TPSA) is 114 Å². The number of carbonyl (C=O) groups excluding carboxylic acids is 1. The number of amidine groups is 1. The smallest absolute Gasteiger partial charge is 0.263 e. The molecule has 0 unspecified atom stereocenters. The minimum atomic E-state index is -3.50. The Morgan fingerprint density at radius 3 is 2.82 bits per heavy atom. The molecule has 0 atom stereocenters. The van der Waals surface area contributed by atoms with Crippen molar-refractivity contribution in [2.75, 3.05) is 19.6 Å². The number of nitrogens with two attached hydrogens (primary N) is 1. The van der Waals surface area contributed by atoms with E-state index >= 15 is 0 Å². The number of hydrogen-bond acceptors (Lipinski definition) is 5. The summed E-state index contributed by atoms with van der Waals surface area (Å²) < 4.78 is 26.2. The van der Waals surface area contributed by atoms with Gasteiger partial charge >= 0.3 is 0 Å². The first-order valence-electron chi connectivity index (χ1n) is 7.18. The number of aliphatic imine (C=N–C) groups is 1. The first-order chi connectivity index (χ1) is 10.5. The number of benzene rings is 1. The third kappa shape index (κ3) is 4.05. The van der Waals surface area contributed by atoms with Crippen molar-refractivity contribution in [3.63, 3.8) is 0 Å². The minimum Gasteiger partial charge on any atom is -0.356 e. The van der Waals surface area contributed by atoms with Gasteiger partial charge in [-0.15, -0.1) is 0 Å². The van der Waals surface area contributed by atoms with Crippen molar-refractivity contribution in [2.45, 2.75) is 24.2 Å². The van der Waals surface area contributed by atoms with Crippen molar-refractivity contribution >= 4 is 21.8 Å². The van der Waals surface area contributed by atoms with Crippen molar-refractivity contribution in [2.24, 2.45) is 10.7 Å². The van der Waals surface area contributed by atoms with Crippen molar-refractivity contribution in [3.8, 4) is 0 Å². The Bertz CT molecular complexity index is 670. The standard InChI is InChI=1S/C14H20N4O3S/c15-8-4-10-16-13(19)7-3-9-17-14-11-5-1-2-6-12(11)22(20,21)18-14/h1-2,5-6H,3-4,7-10,15H2,(H,16,19)(H,17,18). The molecule has 1 aromatic rings. The highest BCUT2D eigenvalue weighted by molar-refractivity contribution is 7.90. The average molecular weight is 324 g/mol. The van der Waals surface area contributed by atoms with Gasteiger partial charge in [0.1, 0.15) is 5.84 Å². The van der Waals surface area contributed by atoms with Gasteiger partial charge < -0.3 is 11.1 Å². The maximum absolute atomic E-state index is 11.9. The van der Waals surface area contributed by atoms with Crippen molar-refractivity contribution in [3.05, 3.63) is 29.8 Å². The number of sulfonamides is 1. The molecule has 1 aromatic carbocycles. The van der Waals surface area contributed by atoms with Crippen LogP contribution in [0.2, 0.25) is 0 Å². The molecule has 2 rings (SSSR count). The number of nitrogens with one attached hydrogen (secondary N) is 2. The van der Waals surface area contributed by atoms with Gasteiger partial charge in [0, 0.05) is 25.1 Å². The molecule has 22 heavy (non-hydrogen) atoms. The molecule has 120 valence electrons. The molecule has 1 aliphatic heterocycles. The molecule has 0 fully saturated rings. The molecule has 0 saturated heterocycles. The van der Waals surface area contributed by atoms with Crippen LogP contribution in [0.5, 0.6) is 0 Å². The first-order valence-corrected chi connectivity index (χ1v) is 8.66. The second-order valence-electron chi connectivity index (χ2n) is 4.93. The summed E-state index contributed by atoms with van der Waals surface area (Å²) in [6.07, 6.45) is 1.67. The Kier molecular flexibility index (Phi) is 5.51. The fourth-order valence-corrected chi connectivity index (χ4v) is 3.35. The molecule has 8 heteroatoms. The number of rotatable bonds is 7. The zero-order valence-electron chi connectivity index (χ0n) is 12.2. The van der Waals surface area contributed by atoms with Gasteiger partial charge in [0.2, 0.25) is 5.91 Å². The van der Waals surface area contributed by atoms with Crippen LogP contribution in [0.25, 0.3) is 0 Å². The van der Waals surface area contributed by atoms with E-state index in [1.165, 1.54) is 0 Å². The van der Waals surface area contributed by atoms with E-state index in [-0.39, 0.29) is 10.8 Å². The lowest BCUT2D eigenvalue weighted by atomic mass is 10.2. The van der Waals surface area contributed by atoms with E-state index in [1.54, 1.807) is 24.3 Å². The van der Waals surface area contributed by atoms with Crippen LogP contribution in [0.4, 0.5) is 0 Å². The summed E-state index contributed by atoms with van der Waals surface area (Å²) in [5, 5.41) is 2.76. The third-order valence-electron chi connectivity index (χ3n) is 3.20. The van der Waals surface area contributed by atoms with Gasteiger partial charge in [0.25, 0.3) is 10.0 Å². The number of nitrogens with zero attached hydrogens (tertiary/aromatic N) is 1. The first kappa shape index (κ1) is 16.4. The molecule has 7 nitrogen and oxygen atoms in total. The number of carbonyl (C=O) groups is 1. The van der Waals surface area contributed by atoms with Crippen LogP contribution in [-0.2, 0) is 14.8 Å². The molecule has 0 aromatic heterocycles. The number of fused-ring (bicyclic) bond motifs is 1. The molecule has 0 bridgehead atoms. The van der Waals surface area contributed by atoms with Crippen LogP contribution < -0.4 is 15.8 Å². The lowest BCUT2D eigenvalue weighted by Gasteiger charge is -2.03. The van der Waals surface area contributed by atoms with Crippen LogP contribution in [0, 0.1) is 0 Å². The highest BCUT2D eigenvalue weighted by atomic mass is 32.2. The summed E-state index contributed by atoms with van der Waals surface area (Å²) in [6, 6.07) is 6.70. The zero-order chi connectivity index (χ0) is 16.0. The number of hydrogen-bond donors (Lipinski definition) is 3. The van der Waals surface area contributed by atoms with E-state index in [0.717, 1.165) is 6.42 Å². The van der Waals surface area contributed by atoms with Crippen LogP contribution in [-0.4, -0.2) is 39.8 Å². The maximum atomic E-state index is 11.9. The normalized spacial score (nSPS) is 17.0. The Morgan fingerprint density at radius 1 is 1.27 bits per heavy atom. The van der Waals surface area contributed by atoms with Gasteiger partial charge in [-0.05, 0) is 31.5 Å². The minimum absolute atomic E-state index is 0.0407. The number of amides is 1. The third-order valence-corrected chi connectivity index (χ3v) is 4.59. The van der Waals surface area contributed by atoms with E-state index in [9.17, 15) is 13.2 Å². The highest BCUT2D eigenvalue weighted by Gasteiger charge is 2.29. The van der Waals surface area contributed by atoms with Gasteiger partial charge in [-0.25, -0.2) is 8.42 Å². The van der Waals surface area contributed by atoms with Gasteiger partial charge in [0.15, 0.2) is 0 Å². The van der Waals surface area contributed by atoms with Crippen LogP contribution in [0.1, 0.15) is 24.8 Å². The highest BCUT2D eigenvalue weighted by Crippen LogP contribution is 2.22. The quantitative estimate of drug-likeness (QED) is 0.611. The van der Waals surface area contributed by atoms with Crippen molar-refractivity contribution < 1.29 is 13.2 Å². The summed E-state index contributed by atoms with van der Waals surface area (Å²) >= 11 is 0. The Morgan fingerprint density at radius 2 is 2.05 bits per heavy atom. The second-order valence-corrected chi connectivity index (χ2v) is 6.58. The van der Waals surface area contributed by atoms with E-state index in [4.69, 9.17) is 5.73 Å². The SMILES string of the molecule is NCCCNC(=O)CCCN=C1NS(=O)(=O)c2ccccc21. The molecular weight excluding hydrogens is 304 g/mol. The molecule has 0 spiro atoms. The molecular formula is C14H20N4O3S. The van der Waals surface area contributed by atoms with Gasteiger partial charge in [-0.2, -0.15) is 0 Å². The predicted octanol–water partition coefficient (Wildman–Crippen LogP) is -0.0297. The van der Waals surface area contributed by atoms with Crippen molar-refractivity contribution in [1.29, 1.82) is 0 Å². The van der Waals surface area contributed by atoms with E-state index in [0.29, 0.717) is 43.9 Å². The lowest BCUT2D eigenvalue weighted by Crippen LogP contribution is -2.26. The summed E-state index contributed by atoms with van der Waals surface area (Å²) in [4.78, 5) is 16.0. The molecule has 0 aliphatic carbocycles. The molecule has 4 N–H and O–H groups in total.